The first kappa shape index (κ1) is 16.4. The summed E-state index contributed by atoms with van der Waals surface area (Å²) in [7, 11) is -3.32. The van der Waals surface area contributed by atoms with Gasteiger partial charge in [-0.25, -0.2) is 13.4 Å². The zero-order valence-corrected chi connectivity index (χ0v) is 14.8. The van der Waals surface area contributed by atoms with Crippen molar-refractivity contribution in [1.82, 2.24) is 9.29 Å². The van der Waals surface area contributed by atoms with Gasteiger partial charge in [0, 0.05) is 23.3 Å². The predicted octanol–water partition coefficient (Wildman–Crippen LogP) is 2.83. The lowest BCUT2D eigenvalue weighted by Gasteiger charge is -2.17. The molecule has 0 N–H and O–H groups in total. The Kier molecular flexibility index (Phi) is 4.99. The number of halogens is 1. The summed E-state index contributed by atoms with van der Waals surface area (Å²) in [6.45, 7) is 0.850. The Morgan fingerprint density at radius 2 is 2.00 bits per heavy atom. The summed E-state index contributed by atoms with van der Waals surface area (Å²) in [6, 6.07) is 12.8. The molecule has 0 saturated carbocycles. The van der Waals surface area contributed by atoms with Gasteiger partial charge in [0.15, 0.2) is 0 Å². The van der Waals surface area contributed by atoms with E-state index >= 15 is 0 Å². The van der Waals surface area contributed by atoms with E-state index in [0.717, 1.165) is 10.0 Å². The van der Waals surface area contributed by atoms with Crippen molar-refractivity contribution in [2.24, 2.45) is 0 Å². The zero-order chi connectivity index (χ0) is 16.3. The third kappa shape index (κ3) is 4.31. The minimum atomic E-state index is -3.32. The van der Waals surface area contributed by atoms with E-state index in [1.54, 1.807) is 12.3 Å². The van der Waals surface area contributed by atoms with Gasteiger partial charge in [-0.2, -0.15) is 4.31 Å². The molecule has 1 aromatic carbocycles. The van der Waals surface area contributed by atoms with Crippen LogP contribution in [0, 0.1) is 0 Å². The first-order valence-electron chi connectivity index (χ1n) is 7.33. The number of hydrogen-bond acceptors (Lipinski definition) is 4. The molecule has 0 spiro atoms. The molecule has 1 saturated heterocycles. The maximum absolute atomic E-state index is 12.5. The van der Waals surface area contributed by atoms with Crippen LogP contribution in [0.2, 0.25) is 0 Å². The van der Waals surface area contributed by atoms with Crippen molar-refractivity contribution in [3.05, 3.63) is 58.7 Å². The molecule has 122 valence electrons. The maximum atomic E-state index is 12.5. The Balaban J connectivity index is 1.61. The number of aromatic nitrogens is 1. The molecule has 1 atom stereocenters. The Morgan fingerprint density at radius 1 is 1.22 bits per heavy atom. The summed E-state index contributed by atoms with van der Waals surface area (Å²) in [5.41, 5.74) is 0.798. The first-order chi connectivity index (χ1) is 11.0. The molecule has 23 heavy (non-hydrogen) atoms. The Labute approximate surface area is 144 Å². The van der Waals surface area contributed by atoms with Crippen LogP contribution in [-0.2, 0) is 15.8 Å². The Morgan fingerprint density at radius 3 is 2.70 bits per heavy atom. The van der Waals surface area contributed by atoms with E-state index in [4.69, 9.17) is 4.74 Å². The van der Waals surface area contributed by atoms with Gasteiger partial charge in [-0.3, -0.25) is 0 Å². The first-order valence-corrected chi connectivity index (χ1v) is 9.73. The molecule has 3 rings (SSSR count). The average molecular weight is 397 g/mol. The van der Waals surface area contributed by atoms with Crippen molar-refractivity contribution in [1.29, 1.82) is 0 Å². The normalized spacial score (nSPS) is 18.9. The molecule has 7 heteroatoms. The van der Waals surface area contributed by atoms with Gasteiger partial charge in [-0.05, 0) is 34.0 Å². The van der Waals surface area contributed by atoms with Gasteiger partial charge < -0.3 is 4.74 Å². The van der Waals surface area contributed by atoms with E-state index in [1.165, 1.54) is 4.31 Å². The van der Waals surface area contributed by atoms with Crippen LogP contribution in [0.5, 0.6) is 5.88 Å². The summed E-state index contributed by atoms with van der Waals surface area (Å²) >= 11 is 3.32. The van der Waals surface area contributed by atoms with Crippen molar-refractivity contribution in [2.75, 3.05) is 13.1 Å². The molecule has 0 radical (unpaired) electrons. The zero-order valence-electron chi connectivity index (χ0n) is 12.4. The van der Waals surface area contributed by atoms with E-state index in [2.05, 4.69) is 20.9 Å². The topological polar surface area (TPSA) is 59.5 Å². The number of hydrogen-bond donors (Lipinski definition) is 0. The van der Waals surface area contributed by atoms with E-state index in [-0.39, 0.29) is 11.9 Å². The number of sulfonamides is 1. The summed E-state index contributed by atoms with van der Waals surface area (Å²) in [6.07, 6.45) is 2.18. The van der Waals surface area contributed by atoms with Crippen LogP contribution in [0.15, 0.2) is 53.1 Å². The fourth-order valence-electron chi connectivity index (χ4n) is 2.53. The molecule has 0 bridgehead atoms. The highest BCUT2D eigenvalue weighted by molar-refractivity contribution is 9.10. The summed E-state index contributed by atoms with van der Waals surface area (Å²) < 4.78 is 33.1. The minimum Gasteiger partial charge on any atom is -0.473 e. The van der Waals surface area contributed by atoms with Crippen LogP contribution in [0.4, 0.5) is 0 Å². The molecule has 1 aliphatic heterocycles. The molecular formula is C16H17BrN2O3S. The lowest BCUT2D eigenvalue weighted by atomic mass is 10.2. The van der Waals surface area contributed by atoms with Crippen LogP contribution in [0.1, 0.15) is 12.0 Å². The number of ether oxygens (including phenoxy) is 1. The molecule has 0 amide bonds. The molecule has 2 heterocycles. The molecule has 1 fully saturated rings. The highest BCUT2D eigenvalue weighted by Crippen LogP contribution is 2.22. The second-order valence-corrected chi connectivity index (χ2v) is 8.33. The molecule has 5 nitrogen and oxygen atoms in total. The van der Waals surface area contributed by atoms with E-state index in [9.17, 15) is 8.42 Å². The number of rotatable bonds is 5. The van der Waals surface area contributed by atoms with Crippen LogP contribution in [0.25, 0.3) is 0 Å². The van der Waals surface area contributed by atoms with E-state index < -0.39 is 10.0 Å². The predicted molar refractivity (Wildman–Crippen MR) is 91.6 cm³/mol. The smallest absolute Gasteiger partial charge is 0.218 e. The van der Waals surface area contributed by atoms with Crippen LogP contribution >= 0.6 is 15.9 Å². The van der Waals surface area contributed by atoms with Crippen molar-refractivity contribution >= 4 is 26.0 Å². The third-order valence-corrected chi connectivity index (χ3v) is 5.97. The highest BCUT2D eigenvalue weighted by atomic mass is 79.9. The summed E-state index contributed by atoms with van der Waals surface area (Å²) in [4.78, 5) is 4.16. The van der Waals surface area contributed by atoms with Gasteiger partial charge in [0.2, 0.25) is 15.9 Å². The monoisotopic (exact) mass is 396 g/mol. The number of nitrogens with zero attached hydrogens (tertiary/aromatic N) is 2. The van der Waals surface area contributed by atoms with Crippen molar-refractivity contribution < 1.29 is 13.2 Å². The molecular weight excluding hydrogens is 380 g/mol. The van der Waals surface area contributed by atoms with Crippen molar-refractivity contribution in [3.63, 3.8) is 0 Å². The second kappa shape index (κ2) is 6.98. The second-order valence-electron chi connectivity index (χ2n) is 5.44. The van der Waals surface area contributed by atoms with Crippen LogP contribution in [-0.4, -0.2) is 36.9 Å². The molecule has 1 aliphatic rings. The van der Waals surface area contributed by atoms with Gasteiger partial charge >= 0.3 is 0 Å². The van der Waals surface area contributed by atoms with E-state index in [1.807, 2.05) is 36.4 Å². The molecule has 0 aliphatic carbocycles. The lowest BCUT2D eigenvalue weighted by Crippen LogP contribution is -2.32. The molecule has 1 unspecified atom stereocenters. The van der Waals surface area contributed by atoms with Gasteiger partial charge in [0.05, 0.1) is 12.3 Å². The Bertz CT molecular complexity index is 751. The minimum absolute atomic E-state index is 0.0249. The van der Waals surface area contributed by atoms with Crippen LogP contribution < -0.4 is 4.74 Å². The SMILES string of the molecule is O=S(=O)(Cc1ccccc1)N1CCC(Oc2ccc(Br)cn2)C1. The van der Waals surface area contributed by atoms with Crippen LogP contribution in [0.3, 0.4) is 0 Å². The van der Waals surface area contributed by atoms with Gasteiger partial charge in [-0.1, -0.05) is 30.3 Å². The summed E-state index contributed by atoms with van der Waals surface area (Å²) in [5, 5.41) is 0. The van der Waals surface area contributed by atoms with Crippen molar-refractivity contribution in [2.45, 2.75) is 18.3 Å². The quantitative estimate of drug-likeness (QED) is 0.779. The number of benzene rings is 1. The largest absolute Gasteiger partial charge is 0.473 e. The third-order valence-electron chi connectivity index (χ3n) is 3.68. The van der Waals surface area contributed by atoms with Gasteiger partial charge in [-0.15, -0.1) is 0 Å². The number of pyridine rings is 1. The van der Waals surface area contributed by atoms with Gasteiger partial charge in [0.1, 0.15) is 6.10 Å². The average Bonchev–Trinajstić information content (AvgIpc) is 3.00. The fourth-order valence-corrected chi connectivity index (χ4v) is 4.33. The van der Waals surface area contributed by atoms with Crippen molar-refractivity contribution in [3.8, 4) is 5.88 Å². The maximum Gasteiger partial charge on any atom is 0.218 e. The Hall–Kier alpha value is -1.44. The van der Waals surface area contributed by atoms with E-state index in [0.29, 0.717) is 25.4 Å². The lowest BCUT2D eigenvalue weighted by molar-refractivity contribution is 0.207. The molecule has 1 aromatic heterocycles. The highest BCUT2D eigenvalue weighted by Gasteiger charge is 2.32. The fraction of sp³-hybridized carbons (Fsp3) is 0.312. The standard InChI is InChI=1S/C16H17BrN2O3S/c17-14-6-7-16(18-10-14)22-15-8-9-19(11-15)23(20,21)12-13-4-2-1-3-5-13/h1-7,10,15H,8-9,11-12H2. The van der Waals surface area contributed by atoms with Gasteiger partial charge in [0.25, 0.3) is 0 Å². The summed E-state index contributed by atoms with van der Waals surface area (Å²) in [5.74, 6) is 0.539. The molecule has 2 aromatic rings.